The van der Waals surface area contributed by atoms with Crippen molar-refractivity contribution < 1.29 is 19.1 Å². The molecule has 0 saturated heterocycles. The van der Waals surface area contributed by atoms with E-state index in [1.807, 2.05) is 31.2 Å². The first-order chi connectivity index (χ1) is 12.9. The van der Waals surface area contributed by atoms with Gasteiger partial charge >= 0.3 is 0 Å². The Morgan fingerprint density at radius 2 is 1.89 bits per heavy atom. The summed E-state index contributed by atoms with van der Waals surface area (Å²) in [5, 5.41) is 2.85. The molecule has 0 bridgehead atoms. The highest BCUT2D eigenvalue weighted by Gasteiger charge is 2.26. The summed E-state index contributed by atoms with van der Waals surface area (Å²) >= 11 is 0. The van der Waals surface area contributed by atoms with Crippen molar-refractivity contribution in [3.63, 3.8) is 0 Å². The molecular weight excluding hydrogens is 344 g/mol. The van der Waals surface area contributed by atoms with E-state index in [-0.39, 0.29) is 24.2 Å². The third kappa shape index (κ3) is 4.53. The highest BCUT2D eigenvalue weighted by Crippen LogP contribution is 2.33. The lowest BCUT2D eigenvalue weighted by Gasteiger charge is -2.29. The van der Waals surface area contributed by atoms with Crippen molar-refractivity contribution in [1.29, 1.82) is 0 Å². The Hall–Kier alpha value is -3.15. The molecule has 0 fully saturated rings. The van der Waals surface area contributed by atoms with Crippen LogP contribution in [0.3, 0.4) is 0 Å². The molecule has 1 heterocycles. The number of ether oxygens (including phenoxy) is 1. The number of hydrogen-bond donors (Lipinski definition) is 1. The fraction of sp³-hybridized carbons (Fsp3) is 0.286. The van der Waals surface area contributed by atoms with Gasteiger partial charge in [0.2, 0.25) is 5.91 Å². The molecule has 0 atom stereocenters. The largest absolute Gasteiger partial charge is 0.482 e. The van der Waals surface area contributed by atoms with Gasteiger partial charge in [0.25, 0.3) is 5.91 Å². The van der Waals surface area contributed by atoms with Crippen LogP contribution in [0.5, 0.6) is 5.75 Å². The molecule has 2 amide bonds. The first kappa shape index (κ1) is 18.6. The summed E-state index contributed by atoms with van der Waals surface area (Å²) in [6.45, 7) is 3.81. The number of benzene rings is 2. The van der Waals surface area contributed by atoms with Gasteiger partial charge in [-0.2, -0.15) is 0 Å². The van der Waals surface area contributed by atoms with Gasteiger partial charge in [-0.05, 0) is 50.6 Å². The van der Waals surface area contributed by atoms with Crippen LogP contribution in [0.15, 0.2) is 42.5 Å². The first-order valence-electron chi connectivity index (χ1n) is 8.89. The topological polar surface area (TPSA) is 75.7 Å². The monoisotopic (exact) mass is 366 g/mol. The number of nitrogens with zero attached hydrogens (tertiary/aromatic N) is 1. The average molecular weight is 366 g/mol. The SMILES string of the molecule is CC(=O)c1ccc2c(c1)N(CCCC(=O)Nc1ccc(C)cc1)C(=O)CO2. The molecule has 6 nitrogen and oxygen atoms in total. The maximum absolute atomic E-state index is 12.3. The van der Waals surface area contributed by atoms with Crippen molar-refractivity contribution in [2.75, 3.05) is 23.4 Å². The van der Waals surface area contributed by atoms with Crippen molar-refractivity contribution in [2.45, 2.75) is 26.7 Å². The van der Waals surface area contributed by atoms with Crippen LogP contribution in [0.2, 0.25) is 0 Å². The van der Waals surface area contributed by atoms with E-state index in [4.69, 9.17) is 4.74 Å². The number of amides is 2. The summed E-state index contributed by atoms with van der Waals surface area (Å²) in [7, 11) is 0. The molecule has 2 aromatic rings. The van der Waals surface area contributed by atoms with Gasteiger partial charge in [-0.3, -0.25) is 14.4 Å². The molecule has 0 aliphatic carbocycles. The van der Waals surface area contributed by atoms with Crippen molar-refractivity contribution in [3.8, 4) is 5.75 Å². The van der Waals surface area contributed by atoms with Crippen LogP contribution < -0.4 is 15.0 Å². The van der Waals surface area contributed by atoms with Crippen molar-refractivity contribution in [3.05, 3.63) is 53.6 Å². The van der Waals surface area contributed by atoms with E-state index in [2.05, 4.69) is 5.32 Å². The zero-order valence-corrected chi connectivity index (χ0v) is 15.5. The van der Waals surface area contributed by atoms with Crippen LogP contribution in [0.25, 0.3) is 0 Å². The Bertz CT molecular complexity index is 874. The lowest BCUT2D eigenvalue weighted by Crippen LogP contribution is -2.39. The van der Waals surface area contributed by atoms with E-state index in [0.717, 1.165) is 11.3 Å². The normalized spacial score (nSPS) is 13.0. The second-order valence-electron chi connectivity index (χ2n) is 6.59. The Balaban J connectivity index is 1.61. The van der Waals surface area contributed by atoms with E-state index < -0.39 is 0 Å². The third-order valence-electron chi connectivity index (χ3n) is 4.43. The number of fused-ring (bicyclic) bond motifs is 1. The summed E-state index contributed by atoms with van der Waals surface area (Å²) in [5.41, 5.74) is 2.99. The second-order valence-corrected chi connectivity index (χ2v) is 6.59. The minimum Gasteiger partial charge on any atom is -0.482 e. The van der Waals surface area contributed by atoms with Crippen LogP contribution in [-0.2, 0) is 9.59 Å². The van der Waals surface area contributed by atoms with Gasteiger partial charge < -0.3 is 15.0 Å². The average Bonchev–Trinajstić information content (AvgIpc) is 2.65. The van der Waals surface area contributed by atoms with E-state index in [0.29, 0.717) is 36.4 Å². The number of aryl methyl sites for hydroxylation is 1. The predicted molar refractivity (Wildman–Crippen MR) is 103 cm³/mol. The number of carbonyl (C=O) groups is 3. The summed E-state index contributed by atoms with van der Waals surface area (Å²) in [6, 6.07) is 12.6. The van der Waals surface area contributed by atoms with Gasteiger partial charge in [0, 0.05) is 24.2 Å². The molecule has 1 aliphatic heterocycles. The number of carbonyl (C=O) groups excluding carboxylic acids is 3. The van der Waals surface area contributed by atoms with Crippen LogP contribution in [0, 0.1) is 6.92 Å². The maximum atomic E-state index is 12.3. The Morgan fingerprint density at radius 1 is 1.15 bits per heavy atom. The Labute approximate surface area is 158 Å². The molecule has 27 heavy (non-hydrogen) atoms. The van der Waals surface area contributed by atoms with Crippen LogP contribution >= 0.6 is 0 Å². The van der Waals surface area contributed by atoms with Crippen molar-refractivity contribution >= 4 is 29.0 Å². The summed E-state index contributed by atoms with van der Waals surface area (Å²) < 4.78 is 5.43. The standard InChI is InChI=1S/C21H22N2O4/c1-14-5-8-17(9-6-14)22-20(25)4-3-11-23-18-12-16(15(2)24)7-10-19(18)27-13-21(23)26/h5-10,12H,3-4,11,13H2,1-2H3,(H,22,25). The number of rotatable bonds is 6. The fourth-order valence-electron chi connectivity index (χ4n) is 2.92. The van der Waals surface area contributed by atoms with Crippen LogP contribution in [0.1, 0.15) is 35.7 Å². The summed E-state index contributed by atoms with van der Waals surface area (Å²) in [4.78, 5) is 37.6. The minimum atomic E-state index is -0.179. The molecule has 3 rings (SSSR count). The second kappa shape index (κ2) is 8.03. The predicted octanol–water partition coefficient (Wildman–Crippen LogP) is 3.34. The lowest BCUT2D eigenvalue weighted by molar-refractivity contribution is -0.121. The zero-order valence-electron chi connectivity index (χ0n) is 15.5. The smallest absolute Gasteiger partial charge is 0.265 e. The van der Waals surface area contributed by atoms with Crippen LogP contribution in [-0.4, -0.2) is 30.7 Å². The lowest BCUT2D eigenvalue weighted by atomic mass is 10.1. The molecule has 2 aromatic carbocycles. The van der Waals surface area contributed by atoms with E-state index in [9.17, 15) is 14.4 Å². The summed E-state index contributed by atoms with van der Waals surface area (Å²) in [6.07, 6.45) is 0.799. The maximum Gasteiger partial charge on any atom is 0.265 e. The van der Waals surface area contributed by atoms with Crippen LogP contribution in [0.4, 0.5) is 11.4 Å². The van der Waals surface area contributed by atoms with E-state index in [1.54, 1.807) is 23.1 Å². The Kier molecular flexibility index (Phi) is 5.54. The molecule has 0 saturated carbocycles. The van der Waals surface area contributed by atoms with Gasteiger partial charge in [-0.1, -0.05) is 17.7 Å². The quantitative estimate of drug-likeness (QED) is 0.796. The van der Waals surface area contributed by atoms with Gasteiger partial charge in [0.1, 0.15) is 5.75 Å². The van der Waals surface area contributed by atoms with E-state index >= 15 is 0 Å². The molecule has 140 valence electrons. The molecule has 6 heteroatoms. The molecular formula is C21H22N2O4. The Morgan fingerprint density at radius 3 is 2.59 bits per heavy atom. The molecule has 0 unspecified atom stereocenters. The van der Waals surface area contributed by atoms with Crippen molar-refractivity contribution in [1.82, 2.24) is 0 Å². The summed E-state index contributed by atoms with van der Waals surface area (Å²) in [5.74, 6) is 0.219. The number of hydrogen-bond acceptors (Lipinski definition) is 4. The number of anilines is 2. The van der Waals surface area contributed by atoms with Gasteiger partial charge in [-0.25, -0.2) is 0 Å². The zero-order chi connectivity index (χ0) is 19.4. The molecule has 1 N–H and O–H groups in total. The van der Waals surface area contributed by atoms with E-state index in [1.165, 1.54) is 6.92 Å². The number of nitrogens with one attached hydrogen (secondary N) is 1. The fourth-order valence-corrected chi connectivity index (χ4v) is 2.92. The number of ketones is 1. The number of Topliss-reactive ketones (excluding diaryl/α,β-unsaturated/α-hetero) is 1. The molecule has 1 aliphatic rings. The first-order valence-corrected chi connectivity index (χ1v) is 8.89. The van der Waals surface area contributed by atoms with Gasteiger partial charge in [0.15, 0.2) is 12.4 Å². The van der Waals surface area contributed by atoms with Gasteiger partial charge in [0.05, 0.1) is 5.69 Å². The van der Waals surface area contributed by atoms with Crippen molar-refractivity contribution in [2.24, 2.45) is 0 Å². The molecule has 0 aromatic heterocycles. The third-order valence-corrected chi connectivity index (χ3v) is 4.43. The molecule has 0 spiro atoms. The van der Waals surface area contributed by atoms with Gasteiger partial charge in [-0.15, -0.1) is 0 Å². The minimum absolute atomic E-state index is 0.0397. The highest BCUT2D eigenvalue weighted by atomic mass is 16.5. The highest BCUT2D eigenvalue weighted by molar-refractivity contribution is 6.01. The molecule has 0 radical (unpaired) electrons.